The van der Waals surface area contributed by atoms with Gasteiger partial charge in [-0.3, -0.25) is 4.79 Å². The highest BCUT2D eigenvalue weighted by Gasteiger charge is 2.16. The monoisotopic (exact) mass is 284 g/mol. The lowest BCUT2D eigenvalue weighted by molar-refractivity contribution is 0.0595. The van der Waals surface area contributed by atoms with Crippen LogP contribution in [0.3, 0.4) is 0 Å². The molecule has 0 heterocycles. The molecule has 4 nitrogen and oxygen atoms in total. The Labute approximate surface area is 123 Å². The number of rotatable bonds is 5. The molecule has 108 valence electrons. The number of carbonyl (C=O) groups is 2. The Bertz CT molecular complexity index is 647. The Morgan fingerprint density at radius 3 is 2.52 bits per heavy atom. The van der Waals surface area contributed by atoms with E-state index >= 15 is 0 Å². The number of carbonyl (C=O) groups excluding carboxylic acids is 2. The van der Waals surface area contributed by atoms with E-state index in [-0.39, 0.29) is 5.56 Å². The Hall–Kier alpha value is -2.62. The SMILES string of the molecule is COC(=O)c1cc(C=O)c(C)cc1OCc1ccccc1. The van der Waals surface area contributed by atoms with E-state index in [0.717, 1.165) is 11.1 Å². The molecule has 0 spiro atoms. The van der Waals surface area contributed by atoms with E-state index in [2.05, 4.69) is 0 Å². The number of aryl methyl sites for hydroxylation is 1. The number of ether oxygens (including phenoxy) is 2. The van der Waals surface area contributed by atoms with Crippen molar-refractivity contribution in [3.63, 3.8) is 0 Å². The van der Waals surface area contributed by atoms with Crippen molar-refractivity contribution in [3.8, 4) is 5.75 Å². The number of hydrogen-bond donors (Lipinski definition) is 0. The van der Waals surface area contributed by atoms with Gasteiger partial charge in [-0.15, -0.1) is 0 Å². The first-order valence-corrected chi connectivity index (χ1v) is 6.50. The lowest BCUT2D eigenvalue weighted by atomic mass is 10.0. The lowest BCUT2D eigenvalue weighted by Gasteiger charge is -2.12. The molecular formula is C17H16O4. The van der Waals surface area contributed by atoms with Crippen LogP contribution >= 0.6 is 0 Å². The van der Waals surface area contributed by atoms with Crippen LogP contribution in [0.15, 0.2) is 42.5 Å². The molecule has 0 bridgehead atoms. The molecule has 2 rings (SSSR count). The summed E-state index contributed by atoms with van der Waals surface area (Å²) in [6.45, 7) is 2.13. The van der Waals surface area contributed by atoms with Gasteiger partial charge in [-0.25, -0.2) is 4.79 Å². The van der Waals surface area contributed by atoms with E-state index in [1.54, 1.807) is 13.0 Å². The molecule has 0 radical (unpaired) electrons. The van der Waals surface area contributed by atoms with Gasteiger partial charge in [-0.05, 0) is 30.2 Å². The second-order valence-electron chi connectivity index (χ2n) is 4.59. The number of aldehydes is 1. The minimum atomic E-state index is -0.527. The smallest absolute Gasteiger partial charge is 0.341 e. The Morgan fingerprint density at radius 1 is 1.19 bits per heavy atom. The average molecular weight is 284 g/mol. The van der Waals surface area contributed by atoms with Crippen molar-refractivity contribution in [2.75, 3.05) is 7.11 Å². The molecule has 0 aromatic heterocycles. The summed E-state index contributed by atoms with van der Waals surface area (Å²) in [7, 11) is 1.30. The maximum atomic E-state index is 11.8. The van der Waals surface area contributed by atoms with Gasteiger partial charge in [0.05, 0.1) is 7.11 Å². The summed E-state index contributed by atoms with van der Waals surface area (Å²) in [5, 5.41) is 0. The van der Waals surface area contributed by atoms with Crippen molar-refractivity contribution in [1.29, 1.82) is 0 Å². The molecule has 0 aliphatic rings. The second-order valence-corrected chi connectivity index (χ2v) is 4.59. The van der Waals surface area contributed by atoms with E-state index in [1.807, 2.05) is 30.3 Å². The summed E-state index contributed by atoms with van der Waals surface area (Å²) in [5.41, 5.74) is 2.44. The largest absolute Gasteiger partial charge is 0.488 e. The highest BCUT2D eigenvalue weighted by molar-refractivity contribution is 5.95. The van der Waals surface area contributed by atoms with Crippen LogP contribution in [0.5, 0.6) is 5.75 Å². The topological polar surface area (TPSA) is 52.6 Å². The number of benzene rings is 2. The van der Waals surface area contributed by atoms with Gasteiger partial charge in [0, 0.05) is 5.56 Å². The quantitative estimate of drug-likeness (QED) is 0.625. The van der Waals surface area contributed by atoms with Crippen molar-refractivity contribution in [2.24, 2.45) is 0 Å². The molecule has 0 fully saturated rings. The standard InChI is InChI=1S/C17H16O4/c1-12-8-16(21-11-13-6-4-3-5-7-13)15(17(19)20-2)9-14(12)10-18/h3-10H,11H2,1-2H3. The van der Waals surface area contributed by atoms with E-state index in [4.69, 9.17) is 9.47 Å². The number of methoxy groups -OCH3 is 1. The minimum absolute atomic E-state index is 0.251. The molecule has 2 aromatic carbocycles. The molecule has 0 aliphatic heterocycles. The molecular weight excluding hydrogens is 268 g/mol. The van der Waals surface area contributed by atoms with Crippen molar-refractivity contribution in [3.05, 3.63) is 64.7 Å². The summed E-state index contributed by atoms with van der Waals surface area (Å²) < 4.78 is 10.4. The molecule has 0 saturated carbocycles. The van der Waals surface area contributed by atoms with E-state index in [9.17, 15) is 9.59 Å². The first kappa shape index (κ1) is 14.8. The van der Waals surface area contributed by atoms with Crippen LogP contribution in [0.25, 0.3) is 0 Å². The molecule has 0 atom stereocenters. The fourth-order valence-corrected chi connectivity index (χ4v) is 1.95. The molecule has 0 amide bonds. The average Bonchev–Trinajstić information content (AvgIpc) is 2.53. The van der Waals surface area contributed by atoms with Crippen molar-refractivity contribution in [2.45, 2.75) is 13.5 Å². The summed E-state index contributed by atoms with van der Waals surface area (Å²) >= 11 is 0. The van der Waals surface area contributed by atoms with E-state index < -0.39 is 5.97 Å². The van der Waals surface area contributed by atoms with Crippen LogP contribution in [0.1, 0.15) is 31.8 Å². The zero-order valence-corrected chi connectivity index (χ0v) is 12.0. The first-order valence-electron chi connectivity index (χ1n) is 6.50. The fourth-order valence-electron chi connectivity index (χ4n) is 1.95. The van der Waals surface area contributed by atoms with Crippen LogP contribution in [-0.2, 0) is 11.3 Å². The Morgan fingerprint density at radius 2 is 1.90 bits per heavy atom. The maximum Gasteiger partial charge on any atom is 0.341 e. The predicted molar refractivity (Wildman–Crippen MR) is 78.7 cm³/mol. The fraction of sp³-hybridized carbons (Fsp3) is 0.176. The van der Waals surface area contributed by atoms with Gasteiger partial charge in [0.2, 0.25) is 0 Å². The molecule has 0 unspecified atom stereocenters. The molecule has 0 aliphatic carbocycles. The zero-order chi connectivity index (χ0) is 15.2. The lowest BCUT2D eigenvalue weighted by Crippen LogP contribution is -2.07. The van der Waals surface area contributed by atoms with Gasteiger partial charge in [-0.1, -0.05) is 30.3 Å². The predicted octanol–water partition coefficient (Wildman–Crippen LogP) is 3.17. The normalized spacial score (nSPS) is 10.0. The maximum absolute atomic E-state index is 11.8. The highest BCUT2D eigenvalue weighted by Crippen LogP contribution is 2.24. The summed E-state index contributed by atoms with van der Waals surface area (Å²) in [6, 6.07) is 12.8. The van der Waals surface area contributed by atoms with Gasteiger partial charge in [0.1, 0.15) is 24.2 Å². The van der Waals surface area contributed by atoms with Crippen molar-refractivity contribution < 1.29 is 19.1 Å². The third kappa shape index (κ3) is 3.48. The van der Waals surface area contributed by atoms with Crippen LogP contribution in [-0.4, -0.2) is 19.4 Å². The van der Waals surface area contributed by atoms with Crippen molar-refractivity contribution >= 4 is 12.3 Å². The molecule has 21 heavy (non-hydrogen) atoms. The summed E-state index contributed by atoms with van der Waals surface area (Å²) in [6.07, 6.45) is 0.711. The first-order chi connectivity index (χ1) is 10.2. The number of esters is 1. The number of hydrogen-bond acceptors (Lipinski definition) is 4. The summed E-state index contributed by atoms with van der Waals surface area (Å²) in [5.74, 6) is -0.116. The second kappa shape index (κ2) is 6.70. The molecule has 2 aromatic rings. The van der Waals surface area contributed by atoms with Crippen LogP contribution in [0, 0.1) is 6.92 Å². The zero-order valence-electron chi connectivity index (χ0n) is 12.0. The van der Waals surface area contributed by atoms with Crippen molar-refractivity contribution in [1.82, 2.24) is 0 Å². The third-order valence-electron chi connectivity index (χ3n) is 3.14. The van der Waals surface area contributed by atoms with Gasteiger partial charge < -0.3 is 9.47 Å². The van der Waals surface area contributed by atoms with Gasteiger partial charge >= 0.3 is 5.97 Å². The Balaban J connectivity index is 2.30. The van der Waals surface area contributed by atoms with Gasteiger partial charge in [-0.2, -0.15) is 0 Å². The molecule has 0 saturated heterocycles. The van der Waals surface area contributed by atoms with Crippen LogP contribution in [0.4, 0.5) is 0 Å². The minimum Gasteiger partial charge on any atom is -0.488 e. The molecule has 4 heteroatoms. The van der Waals surface area contributed by atoms with Gasteiger partial charge in [0.15, 0.2) is 0 Å². The third-order valence-corrected chi connectivity index (χ3v) is 3.14. The van der Waals surface area contributed by atoms with E-state index in [1.165, 1.54) is 13.2 Å². The Kier molecular flexibility index (Phi) is 4.72. The summed E-state index contributed by atoms with van der Waals surface area (Å²) in [4.78, 5) is 22.8. The van der Waals surface area contributed by atoms with Crippen LogP contribution in [0.2, 0.25) is 0 Å². The van der Waals surface area contributed by atoms with Gasteiger partial charge in [0.25, 0.3) is 0 Å². The van der Waals surface area contributed by atoms with E-state index in [0.29, 0.717) is 24.2 Å². The molecule has 0 N–H and O–H groups in total. The highest BCUT2D eigenvalue weighted by atomic mass is 16.5. The van der Waals surface area contributed by atoms with Crippen LogP contribution < -0.4 is 4.74 Å².